The molecule has 0 fully saturated rings. The van der Waals surface area contributed by atoms with Crippen LogP contribution in [0.3, 0.4) is 0 Å². The second-order valence-corrected chi connectivity index (χ2v) is 6.29. The molecule has 0 atom stereocenters. The summed E-state index contributed by atoms with van der Waals surface area (Å²) in [5.41, 5.74) is 3.78. The molecule has 0 bridgehead atoms. The van der Waals surface area contributed by atoms with E-state index in [4.69, 9.17) is 0 Å². The molecule has 9 heteroatoms. The van der Waals surface area contributed by atoms with E-state index in [1.165, 1.54) is 6.07 Å². The quantitative estimate of drug-likeness (QED) is 0.548. The number of nitro groups is 1. The number of aromatic nitrogens is 3. The van der Waals surface area contributed by atoms with Crippen LogP contribution in [-0.2, 0) is 11.2 Å². The highest BCUT2D eigenvalue weighted by Gasteiger charge is 2.16. The second kappa shape index (κ2) is 7.10. The first-order valence-electron chi connectivity index (χ1n) is 8.32. The minimum Gasteiger partial charge on any atom is -0.326 e. The predicted molar refractivity (Wildman–Crippen MR) is 97.2 cm³/mol. The first-order chi connectivity index (χ1) is 12.8. The van der Waals surface area contributed by atoms with Crippen LogP contribution < -0.4 is 5.32 Å². The number of nitrogens with zero attached hydrogens (tertiary/aromatic N) is 4. The Morgan fingerprint density at radius 1 is 1.30 bits per heavy atom. The summed E-state index contributed by atoms with van der Waals surface area (Å²) in [6.07, 6.45) is 0.592. The summed E-state index contributed by atoms with van der Waals surface area (Å²) < 4.78 is 15.1. The largest absolute Gasteiger partial charge is 0.326 e. The number of fused-ring (bicyclic) bond motifs is 1. The van der Waals surface area contributed by atoms with Gasteiger partial charge >= 0.3 is 5.69 Å². The van der Waals surface area contributed by atoms with E-state index in [1.54, 1.807) is 4.52 Å². The summed E-state index contributed by atoms with van der Waals surface area (Å²) in [7, 11) is 0. The fourth-order valence-corrected chi connectivity index (χ4v) is 3.00. The number of rotatable bonds is 5. The lowest BCUT2D eigenvalue weighted by molar-refractivity contribution is -0.387. The van der Waals surface area contributed by atoms with Crippen LogP contribution in [0.25, 0.3) is 5.65 Å². The van der Waals surface area contributed by atoms with Gasteiger partial charge in [-0.2, -0.15) is 9.49 Å². The van der Waals surface area contributed by atoms with Gasteiger partial charge in [-0.25, -0.2) is 9.50 Å². The number of carbonyl (C=O) groups excluding carboxylic acids is 1. The van der Waals surface area contributed by atoms with E-state index in [2.05, 4.69) is 15.4 Å². The lowest BCUT2D eigenvalue weighted by atomic mass is 10.1. The van der Waals surface area contributed by atoms with Gasteiger partial charge in [0.15, 0.2) is 5.65 Å². The van der Waals surface area contributed by atoms with E-state index in [0.29, 0.717) is 6.42 Å². The molecule has 0 aliphatic rings. The van der Waals surface area contributed by atoms with Crippen molar-refractivity contribution >= 4 is 22.9 Å². The number of carbonyl (C=O) groups is 1. The molecule has 0 aliphatic heterocycles. The summed E-state index contributed by atoms with van der Waals surface area (Å²) in [4.78, 5) is 26.7. The Kier molecular flexibility index (Phi) is 4.85. The van der Waals surface area contributed by atoms with Crippen LogP contribution in [0.15, 0.2) is 24.3 Å². The van der Waals surface area contributed by atoms with Crippen LogP contribution in [-0.4, -0.2) is 25.4 Å². The Balaban J connectivity index is 1.74. The molecule has 0 aliphatic carbocycles. The van der Waals surface area contributed by atoms with Gasteiger partial charge in [0, 0.05) is 35.6 Å². The van der Waals surface area contributed by atoms with Crippen molar-refractivity contribution < 1.29 is 14.1 Å². The Bertz CT molecular complexity index is 1060. The number of nitro benzene ring substituents is 1. The highest BCUT2D eigenvalue weighted by atomic mass is 19.1. The first kappa shape index (κ1) is 18.4. The molecule has 8 nitrogen and oxygen atoms in total. The maximum Gasteiger partial charge on any atom is 0.306 e. The lowest BCUT2D eigenvalue weighted by Crippen LogP contribution is -2.14. The molecular weight excluding hydrogens is 353 g/mol. The van der Waals surface area contributed by atoms with E-state index >= 15 is 0 Å². The van der Waals surface area contributed by atoms with Crippen molar-refractivity contribution in [3.8, 4) is 0 Å². The minimum atomic E-state index is -0.946. The third-order valence-electron chi connectivity index (χ3n) is 4.31. The van der Waals surface area contributed by atoms with Gasteiger partial charge < -0.3 is 5.32 Å². The molecule has 3 aromatic rings. The Hall–Kier alpha value is -3.36. The molecular formula is C18H18FN5O3. The molecule has 3 rings (SSSR count). The summed E-state index contributed by atoms with van der Waals surface area (Å²) in [5, 5.41) is 17.8. The minimum absolute atomic E-state index is 0.153. The average Bonchev–Trinajstić information content (AvgIpc) is 2.96. The van der Waals surface area contributed by atoms with E-state index in [9.17, 15) is 19.3 Å². The highest BCUT2D eigenvalue weighted by molar-refractivity contribution is 5.91. The lowest BCUT2D eigenvalue weighted by Gasteiger charge is -2.11. The first-order valence-corrected chi connectivity index (χ1v) is 8.32. The van der Waals surface area contributed by atoms with Gasteiger partial charge in [0.1, 0.15) is 0 Å². The van der Waals surface area contributed by atoms with Gasteiger partial charge in [-0.1, -0.05) is 0 Å². The standard InChI is InChI=1S/C18H18FN5O3/c1-10-8-17-20-11(2)14(12(3)23(17)22-10)5-7-18(25)21-13-4-6-15(19)16(9-13)24(26)27/h4,6,8-9H,5,7H2,1-3H3,(H,21,25). The van der Waals surface area contributed by atoms with E-state index in [0.717, 1.165) is 40.4 Å². The third-order valence-corrected chi connectivity index (χ3v) is 4.31. The number of nitrogens with one attached hydrogen (secondary N) is 1. The van der Waals surface area contributed by atoms with Crippen molar-refractivity contribution in [2.75, 3.05) is 5.32 Å². The van der Waals surface area contributed by atoms with E-state index in [-0.39, 0.29) is 18.0 Å². The smallest absolute Gasteiger partial charge is 0.306 e. The maximum absolute atomic E-state index is 13.4. The molecule has 0 radical (unpaired) electrons. The molecule has 1 aromatic carbocycles. The predicted octanol–water partition coefficient (Wildman–Crippen LogP) is 3.27. The molecule has 1 N–H and O–H groups in total. The molecule has 2 aromatic heterocycles. The van der Waals surface area contributed by atoms with Crippen LogP contribution in [0, 0.1) is 36.7 Å². The molecule has 0 spiro atoms. The monoisotopic (exact) mass is 371 g/mol. The summed E-state index contributed by atoms with van der Waals surface area (Å²) in [6, 6.07) is 5.14. The number of hydrogen-bond donors (Lipinski definition) is 1. The topological polar surface area (TPSA) is 102 Å². The SMILES string of the molecule is Cc1cc2nc(C)c(CCC(=O)Nc3ccc(F)c([N+](=O)[O-])c3)c(C)n2n1. The molecule has 1 amide bonds. The van der Waals surface area contributed by atoms with Gasteiger partial charge in [0.05, 0.1) is 10.6 Å². The summed E-state index contributed by atoms with van der Waals surface area (Å²) in [5.74, 6) is -1.27. The van der Waals surface area contributed by atoms with Crippen LogP contribution in [0.4, 0.5) is 15.8 Å². The van der Waals surface area contributed by atoms with Crippen molar-refractivity contribution in [2.24, 2.45) is 0 Å². The molecule has 140 valence electrons. The number of aryl methyl sites for hydroxylation is 3. The highest BCUT2D eigenvalue weighted by Crippen LogP contribution is 2.22. The normalized spacial score (nSPS) is 11.0. The van der Waals surface area contributed by atoms with Crippen molar-refractivity contribution in [3.63, 3.8) is 0 Å². The number of hydrogen-bond acceptors (Lipinski definition) is 5. The summed E-state index contributed by atoms with van der Waals surface area (Å²) in [6.45, 7) is 5.69. The molecule has 2 heterocycles. The zero-order valence-electron chi connectivity index (χ0n) is 15.1. The fourth-order valence-electron chi connectivity index (χ4n) is 3.00. The van der Waals surface area contributed by atoms with Crippen LogP contribution >= 0.6 is 0 Å². The molecule has 27 heavy (non-hydrogen) atoms. The van der Waals surface area contributed by atoms with Crippen LogP contribution in [0.1, 0.15) is 29.1 Å². The van der Waals surface area contributed by atoms with Crippen LogP contribution in [0.2, 0.25) is 0 Å². The summed E-state index contributed by atoms with van der Waals surface area (Å²) >= 11 is 0. The number of anilines is 1. The fraction of sp³-hybridized carbons (Fsp3) is 0.278. The van der Waals surface area contributed by atoms with Crippen molar-refractivity contribution in [2.45, 2.75) is 33.6 Å². The van der Waals surface area contributed by atoms with Gasteiger partial charge in [0.2, 0.25) is 11.7 Å². The number of amides is 1. The van der Waals surface area contributed by atoms with Gasteiger partial charge in [-0.05, 0) is 44.9 Å². The Morgan fingerprint density at radius 3 is 2.74 bits per heavy atom. The van der Waals surface area contributed by atoms with Crippen molar-refractivity contribution in [1.29, 1.82) is 0 Å². The van der Waals surface area contributed by atoms with Gasteiger partial charge in [-0.3, -0.25) is 14.9 Å². The maximum atomic E-state index is 13.4. The van der Waals surface area contributed by atoms with E-state index < -0.39 is 16.4 Å². The zero-order valence-corrected chi connectivity index (χ0v) is 15.1. The molecule has 0 saturated heterocycles. The van der Waals surface area contributed by atoms with Crippen molar-refractivity contribution in [1.82, 2.24) is 14.6 Å². The van der Waals surface area contributed by atoms with Gasteiger partial charge in [-0.15, -0.1) is 0 Å². The van der Waals surface area contributed by atoms with Gasteiger partial charge in [0.25, 0.3) is 0 Å². The van der Waals surface area contributed by atoms with E-state index in [1.807, 2.05) is 26.8 Å². The zero-order chi connectivity index (χ0) is 19.7. The third kappa shape index (κ3) is 3.76. The Morgan fingerprint density at radius 2 is 2.04 bits per heavy atom. The molecule has 0 unspecified atom stereocenters. The average molecular weight is 371 g/mol. The van der Waals surface area contributed by atoms with Crippen LogP contribution in [0.5, 0.6) is 0 Å². The number of halogens is 1. The number of benzene rings is 1. The second-order valence-electron chi connectivity index (χ2n) is 6.29. The Labute approximate surface area is 154 Å². The van der Waals surface area contributed by atoms with Crippen molar-refractivity contribution in [3.05, 3.63) is 62.8 Å². The molecule has 0 saturated carbocycles.